The molecule has 2 heterocycles. The largest absolute Gasteiger partial charge is 0.371 e. The van der Waals surface area contributed by atoms with Crippen LogP contribution in [0.15, 0.2) is 36.5 Å². The SMILES string of the molecule is N#Cc1ccc(C(=O)Nc2ccc([C@H]3CNCCO3)cc2Cl)nc1. The summed E-state index contributed by atoms with van der Waals surface area (Å²) in [5, 5.41) is 15.2. The molecule has 1 fully saturated rings. The third kappa shape index (κ3) is 3.71. The molecule has 0 spiro atoms. The van der Waals surface area contributed by atoms with Gasteiger partial charge < -0.3 is 15.4 Å². The molecular formula is C17H15ClN4O2. The van der Waals surface area contributed by atoms with Crippen LogP contribution in [-0.2, 0) is 4.74 Å². The third-order valence-corrected chi connectivity index (χ3v) is 3.98. The first-order valence-electron chi connectivity index (χ1n) is 7.46. The highest BCUT2D eigenvalue weighted by atomic mass is 35.5. The number of nitrogens with zero attached hydrogens (tertiary/aromatic N) is 2. The van der Waals surface area contributed by atoms with E-state index in [9.17, 15) is 4.79 Å². The van der Waals surface area contributed by atoms with Crippen molar-refractivity contribution in [3.05, 3.63) is 58.4 Å². The molecule has 1 saturated heterocycles. The van der Waals surface area contributed by atoms with Gasteiger partial charge in [-0.15, -0.1) is 0 Å². The van der Waals surface area contributed by atoms with Crippen molar-refractivity contribution >= 4 is 23.2 Å². The van der Waals surface area contributed by atoms with Gasteiger partial charge in [-0.05, 0) is 29.8 Å². The number of halogens is 1. The van der Waals surface area contributed by atoms with E-state index in [-0.39, 0.29) is 17.7 Å². The molecular weight excluding hydrogens is 328 g/mol. The number of anilines is 1. The highest BCUT2D eigenvalue weighted by Crippen LogP contribution is 2.28. The number of benzene rings is 1. The zero-order valence-corrected chi connectivity index (χ0v) is 13.5. The molecule has 0 bridgehead atoms. The van der Waals surface area contributed by atoms with Crippen LogP contribution in [0.1, 0.15) is 27.7 Å². The van der Waals surface area contributed by atoms with Crippen molar-refractivity contribution in [1.82, 2.24) is 10.3 Å². The van der Waals surface area contributed by atoms with Crippen LogP contribution < -0.4 is 10.6 Å². The molecule has 2 aromatic rings. The van der Waals surface area contributed by atoms with E-state index in [1.54, 1.807) is 18.2 Å². The van der Waals surface area contributed by atoms with E-state index in [0.717, 1.165) is 18.7 Å². The summed E-state index contributed by atoms with van der Waals surface area (Å²) in [6.45, 7) is 2.23. The minimum atomic E-state index is -0.385. The number of nitriles is 1. The molecule has 2 N–H and O–H groups in total. The van der Waals surface area contributed by atoms with Crippen molar-refractivity contribution in [2.75, 3.05) is 25.0 Å². The average Bonchev–Trinajstić information content (AvgIpc) is 2.64. The lowest BCUT2D eigenvalue weighted by molar-refractivity contribution is 0.0277. The summed E-state index contributed by atoms with van der Waals surface area (Å²) in [7, 11) is 0. The van der Waals surface area contributed by atoms with Crippen LogP contribution in [0, 0.1) is 11.3 Å². The summed E-state index contributed by atoms with van der Waals surface area (Å²) in [5.41, 5.74) is 2.08. The standard InChI is InChI=1S/C17H15ClN4O2/c18-13-7-12(16-10-20-5-6-24-16)2-4-14(13)22-17(23)15-3-1-11(8-19)9-21-15/h1-4,7,9,16,20H,5-6,10H2,(H,22,23)/t16-/m1/s1. The van der Waals surface area contributed by atoms with Crippen LogP contribution in [0.5, 0.6) is 0 Å². The van der Waals surface area contributed by atoms with Gasteiger partial charge in [-0.1, -0.05) is 17.7 Å². The van der Waals surface area contributed by atoms with Gasteiger partial charge in [0, 0.05) is 19.3 Å². The number of hydrogen-bond donors (Lipinski definition) is 2. The molecule has 0 unspecified atom stereocenters. The maximum Gasteiger partial charge on any atom is 0.274 e. The number of rotatable bonds is 3. The number of hydrogen-bond acceptors (Lipinski definition) is 5. The maximum absolute atomic E-state index is 12.2. The molecule has 1 aromatic heterocycles. The molecule has 1 atom stereocenters. The minimum Gasteiger partial charge on any atom is -0.371 e. The van der Waals surface area contributed by atoms with Gasteiger partial charge in [-0.3, -0.25) is 4.79 Å². The molecule has 1 aliphatic rings. The van der Waals surface area contributed by atoms with Gasteiger partial charge in [-0.25, -0.2) is 4.98 Å². The Bertz CT molecular complexity index is 780. The van der Waals surface area contributed by atoms with E-state index in [4.69, 9.17) is 21.6 Å². The number of amides is 1. The van der Waals surface area contributed by atoms with Gasteiger partial charge in [0.25, 0.3) is 5.91 Å². The topological polar surface area (TPSA) is 87.0 Å². The highest BCUT2D eigenvalue weighted by molar-refractivity contribution is 6.34. The number of morpholine rings is 1. The molecule has 0 aliphatic carbocycles. The lowest BCUT2D eigenvalue weighted by atomic mass is 10.1. The molecule has 0 saturated carbocycles. The smallest absolute Gasteiger partial charge is 0.274 e. The molecule has 6 nitrogen and oxygen atoms in total. The van der Waals surface area contributed by atoms with Crippen LogP contribution in [-0.4, -0.2) is 30.6 Å². The Morgan fingerprint density at radius 1 is 1.42 bits per heavy atom. The summed E-state index contributed by atoms with van der Waals surface area (Å²) < 4.78 is 5.69. The molecule has 7 heteroatoms. The van der Waals surface area contributed by atoms with Gasteiger partial charge in [0.05, 0.1) is 29.0 Å². The summed E-state index contributed by atoms with van der Waals surface area (Å²) in [5.74, 6) is -0.385. The van der Waals surface area contributed by atoms with E-state index >= 15 is 0 Å². The first-order valence-corrected chi connectivity index (χ1v) is 7.84. The second kappa shape index (κ2) is 7.41. The summed E-state index contributed by atoms with van der Waals surface area (Å²) in [4.78, 5) is 16.2. The lowest BCUT2D eigenvalue weighted by Crippen LogP contribution is -2.33. The van der Waals surface area contributed by atoms with Crippen molar-refractivity contribution in [3.63, 3.8) is 0 Å². The number of nitrogens with one attached hydrogen (secondary N) is 2. The fourth-order valence-corrected chi connectivity index (χ4v) is 2.63. The highest BCUT2D eigenvalue weighted by Gasteiger charge is 2.17. The molecule has 1 aromatic carbocycles. The first kappa shape index (κ1) is 16.4. The Morgan fingerprint density at radius 2 is 2.29 bits per heavy atom. The zero-order chi connectivity index (χ0) is 16.9. The van der Waals surface area contributed by atoms with Crippen LogP contribution >= 0.6 is 11.6 Å². The maximum atomic E-state index is 12.2. The van der Waals surface area contributed by atoms with Gasteiger partial charge in [-0.2, -0.15) is 5.26 Å². The molecule has 1 amide bonds. The van der Waals surface area contributed by atoms with Crippen LogP contribution in [0.25, 0.3) is 0 Å². The van der Waals surface area contributed by atoms with Crippen molar-refractivity contribution in [1.29, 1.82) is 5.26 Å². The average molecular weight is 343 g/mol. The zero-order valence-electron chi connectivity index (χ0n) is 12.8. The Balaban J connectivity index is 1.72. The fourth-order valence-electron chi connectivity index (χ4n) is 2.39. The van der Waals surface area contributed by atoms with Crippen LogP contribution in [0.4, 0.5) is 5.69 Å². The monoisotopic (exact) mass is 342 g/mol. The molecule has 0 radical (unpaired) electrons. The molecule has 24 heavy (non-hydrogen) atoms. The number of carbonyl (C=O) groups excluding carboxylic acids is 1. The molecule has 122 valence electrons. The van der Waals surface area contributed by atoms with Gasteiger partial charge >= 0.3 is 0 Å². The van der Waals surface area contributed by atoms with Gasteiger partial charge in [0.15, 0.2) is 0 Å². The molecule has 1 aliphatic heterocycles. The first-order chi connectivity index (χ1) is 11.7. The van der Waals surface area contributed by atoms with E-state index in [1.165, 1.54) is 12.3 Å². The predicted molar refractivity (Wildman–Crippen MR) is 89.9 cm³/mol. The quantitative estimate of drug-likeness (QED) is 0.895. The third-order valence-electron chi connectivity index (χ3n) is 3.67. The van der Waals surface area contributed by atoms with Crippen LogP contribution in [0.2, 0.25) is 5.02 Å². The Kier molecular flexibility index (Phi) is 5.06. The number of carbonyl (C=O) groups is 1. The van der Waals surface area contributed by atoms with Crippen molar-refractivity contribution in [3.8, 4) is 6.07 Å². The predicted octanol–water partition coefficient (Wildman–Crippen LogP) is 2.52. The van der Waals surface area contributed by atoms with Gasteiger partial charge in [0.2, 0.25) is 0 Å². The Labute approximate surface area is 144 Å². The summed E-state index contributed by atoms with van der Waals surface area (Å²) in [6, 6.07) is 10.4. The second-order valence-electron chi connectivity index (χ2n) is 5.30. The normalized spacial score (nSPS) is 17.1. The Hall–Kier alpha value is -2.46. The van der Waals surface area contributed by atoms with E-state index in [2.05, 4.69) is 15.6 Å². The van der Waals surface area contributed by atoms with Crippen molar-refractivity contribution in [2.45, 2.75) is 6.10 Å². The van der Waals surface area contributed by atoms with Crippen molar-refractivity contribution < 1.29 is 9.53 Å². The van der Waals surface area contributed by atoms with E-state index < -0.39 is 0 Å². The number of pyridine rings is 1. The van der Waals surface area contributed by atoms with E-state index in [1.807, 2.05) is 12.1 Å². The minimum absolute atomic E-state index is 0.0406. The number of aromatic nitrogens is 1. The van der Waals surface area contributed by atoms with E-state index in [0.29, 0.717) is 22.9 Å². The molecule has 3 rings (SSSR count). The second-order valence-corrected chi connectivity index (χ2v) is 5.71. The lowest BCUT2D eigenvalue weighted by Gasteiger charge is -2.24. The van der Waals surface area contributed by atoms with Crippen molar-refractivity contribution in [2.24, 2.45) is 0 Å². The Morgan fingerprint density at radius 3 is 2.92 bits per heavy atom. The fraction of sp³-hybridized carbons (Fsp3) is 0.235. The van der Waals surface area contributed by atoms with Gasteiger partial charge in [0.1, 0.15) is 11.8 Å². The summed E-state index contributed by atoms with van der Waals surface area (Å²) >= 11 is 6.27. The summed E-state index contributed by atoms with van der Waals surface area (Å²) in [6.07, 6.45) is 1.31. The number of ether oxygens (including phenoxy) is 1. The van der Waals surface area contributed by atoms with Crippen LogP contribution in [0.3, 0.4) is 0 Å².